The number of likely N-dealkylation sites (tertiary alicyclic amines) is 1. The first-order valence-electron chi connectivity index (χ1n) is 5.41. The highest BCUT2D eigenvalue weighted by Crippen LogP contribution is 2.09. The topological polar surface area (TPSA) is 75.4 Å². The van der Waals surface area contributed by atoms with Crippen molar-refractivity contribution in [1.82, 2.24) is 10.2 Å². The summed E-state index contributed by atoms with van der Waals surface area (Å²) in [5.74, 6) is -0.186. The van der Waals surface area contributed by atoms with Gasteiger partial charge in [0.15, 0.2) is 0 Å². The molecule has 1 rings (SSSR count). The molecule has 86 valence electrons. The third-order valence-corrected chi connectivity index (χ3v) is 2.65. The van der Waals surface area contributed by atoms with Gasteiger partial charge in [-0.1, -0.05) is 6.92 Å². The van der Waals surface area contributed by atoms with Crippen molar-refractivity contribution in [3.63, 3.8) is 0 Å². The Morgan fingerprint density at radius 2 is 2.00 bits per heavy atom. The van der Waals surface area contributed by atoms with Crippen molar-refractivity contribution in [1.29, 1.82) is 0 Å². The zero-order chi connectivity index (χ0) is 11.3. The predicted molar refractivity (Wildman–Crippen MR) is 57.1 cm³/mol. The molecule has 0 atom stereocenters. The molecule has 0 bridgehead atoms. The van der Waals surface area contributed by atoms with Crippen LogP contribution >= 0.6 is 0 Å². The molecule has 1 fully saturated rings. The van der Waals surface area contributed by atoms with E-state index >= 15 is 0 Å². The molecule has 1 saturated heterocycles. The Kier molecular flexibility index (Phi) is 4.55. The van der Waals surface area contributed by atoms with Crippen LogP contribution in [0.3, 0.4) is 0 Å². The fourth-order valence-corrected chi connectivity index (χ4v) is 1.79. The van der Waals surface area contributed by atoms with Crippen LogP contribution in [0.2, 0.25) is 0 Å². The highest BCUT2D eigenvalue weighted by Gasteiger charge is 2.20. The average Bonchev–Trinajstić information content (AvgIpc) is 2.20. The molecule has 0 aromatic carbocycles. The number of piperidine rings is 1. The minimum absolute atomic E-state index is 0.100. The van der Waals surface area contributed by atoms with Crippen LogP contribution in [0.15, 0.2) is 0 Å². The second-order valence-electron chi connectivity index (χ2n) is 3.94. The van der Waals surface area contributed by atoms with Gasteiger partial charge in [-0.05, 0) is 12.8 Å². The van der Waals surface area contributed by atoms with E-state index in [2.05, 4.69) is 5.32 Å². The highest BCUT2D eigenvalue weighted by molar-refractivity contribution is 5.76. The lowest BCUT2D eigenvalue weighted by Crippen LogP contribution is -2.46. The molecule has 0 spiro atoms. The van der Waals surface area contributed by atoms with E-state index in [1.54, 1.807) is 0 Å². The standard InChI is InChI=1S/C10H19N3O2/c1-2-10(15)12-8-3-5-13(6-4-8)7-9(11)14/h8H,2-7H2,1H3,(H2,11,14)(H,12,15). The Balaban J connectivity index is 2.23. The van der Waals surface area contributed by atoms with Crippen molar-refractivity contribution < 1.29 is 9.59 Å². The van der Waals surface area contributed by atoms with E-state index in [-0.39, 0.29) is 17.9 Å². The van der Waals surface area contributed by atoms with Crippen molar-refractivity contribution in [3.05, 3.63) is 0 Å². The van der Waals surface area contributed by atoms with Gasteiger partial charge in [-0.3, -0.25) is 14.5 Å². The van der Waals surface area contributed by atoms with Crippen LogP contribution in [-0.2, 0) is 9.59 Å². The van der Waals surface area contributed by atoms with Gasteiger partial charge in [-0.25, -0.2) is 0 Å². The summed E-state index contributed by atoms with van der Waals surface area (Å²) in [7, 11) is 0. The van der Waals surface area contributed by atoms with Crippen molar-refractivity contribution >= 4 is 11.8 Å². The van der Waals surface area contributed by atoms with Gasteiger partial charge in [0, 0.05) is 25.6 Å². The molecule has 1 aliphatic rings. The number of amides is 2. The van der Waals surface area contributed by atoms with Gasteiger partial charge in [-0.2, -0.15) is 0 Å². The molecule has 5 nitrogen and oxygen atoms in total. The van der Waals surface area contributed by atoms with E-state index in [0.717, 1.165) is 25.9 Å². The molecule has 0 unspecified atom stereocenters. The van der Waals surface area contributed by atoms with Crippen molar-refractivity contribution in [2.75, 3.05) is 19.6 Å². The van der Waals surface area contributed by atoms with E-state index in [1.807, 2.05) is 11.8 Å². The number of rotatable bonds is 4. The Bertz CT molecular complexity index is 235. The number of hydrogen-bond acceptors (Lipinski definition) is 3. The first kappa shape index (κ1) is 12.0. The van der Waals surface area contributed by atoms with Gasteiger partial charge in [0.05, 0.1) is 6.54 Å². The Labute approximate surface area is 90.0 Å². The molecule has 0 radical (unpaired) electrons. The maximum absolute atomic E-state index is 11.1. The first-order chi connectivity index (χ1) is 7.11. The number of nitrogens with two attached hydrogens (primary N) is 1. The van der Waals surface area contributed by atoms with E-state index in [1.165, 1.54) is 0 Å². The number of carbonyl (C=O) groups excluding carboxylic acids is 2. The number of hydrogen-bond donors (Lipinski definition) is 2. The number of carbonyl (C=O) groups is 2. The lowest BCUT2D eigenvalue weighted by atomic mass is 10.0. The average molecular weight is 213 g/mol. The molecular weight excluding hydrogens is 194 g/mol. The summed E-state index contributed by atoms with van der Waals surface area (Å²) < 4.78 is 0. The van der Waals surface area contributed by atoms with E-state index < -0.39 is 0 Å². The van der Waals surface area contributed by atoms with Gasteiger partial charge in [0.25, 0.3) is 0 Å². The fourth-order valence-electron chi connectivity index (χ4n) is 1.79. The molecule has 0 aliphatic carbocycles. The highest BCUT2D eigenvalue weighted by atomic mass is 16.2. The van der Waals surface area contributed by atoms with Crippen LogP contribution in [0.5, 0.6) is 0 Å². The zero-order valence-electron chi connectivity index (χ0n) is 9.16. The van der Waals surface area contributed by atoms with E-state index in [9.17, 15) is 9.59 Å². The van der Waals surface area contributed by atoms with Crippen LogP contribution in [0.1, 0.15) is 26.2 Å². The molecule has 5 heteroatoms. The third kappa shape index (κ3) is 4.29. The van der Waals surface area contributed by atoms with Crippen LogP contribution in [0.4, 0.5) is 0 Å². The fraction of sp³-hybridized carbons (Fsp3) is 0.800. The molecule has 0 aromatic heterocycles. The monoisotopic (exact) mass is 213 g/mol. The van der Waals surface area contributed by atoms with Gasteiger partial charge < -0.3 is 11.1 Å². The maximum Gasteiger partial charge on any atom is 0.231 e. The lowest BCUT2D eigenvalue weighted by Gasteiger charge is -2.31. The van der Waals surface area contributed by atoms with Crippen LogP contribution in [-0.4, -0.2) is 42.4 Å². The summed E-state index contributed by atoms with van der Waals surface area (Å²) in [5.41, 5.74) is 5.11. The van der Waals surface area contributed by atoms with Gasteiger partial charge in [0.1, 0.15) is 0 Å². The van der Waals surface area contributed by atoms with Crippen molar-refractivity contribution in [3.8, 4) is 0 Å². The Hall–Kier alpha value is -1.10. The maximum atomic E-state index is 11.1. The van der Waals surface area contributed by atoms with Crippen LogP contribution in [0, 0.1) is 0 Å². The summed E-state index contributed by atoms with van der Waals surface area (Å²) >= 11 is 0. The second kappa shape index (κ2) is 5.70. The number of primary amides is 1. The van der Waals surface area contributed by atoms with Crippen molar-refractivity contribution in [2.24, 2.45) is 5.73 Å². The van der Waals surface area contributed by atoms with Crippen LogP contribution in [0.25, 0.3) is 0 Å². The Morgan fingerprint density at radius 3 is 2.47 bits per heavy atom. The normalized spacial score (nSPS) is 18.7. The second-order valence-corrected chi connectivity index (χ2v) is 3.94. The van der Waals surface area contributed by atoms with Gasteiger partial charge >= 0.3 is 0 Å². The van der Waals surface area contributed by atoms with E-state index in [4.69, 9.17) is 5.73 Å². The molecule has 0 saturated carbocycles. The van der Waals surface area contributed by atoms with Gasteiger partial charge in [-0.15, -0.1) is 0 Å². The smallest absolute Gasteiger partial charge is 0.231 e. The number of nitrogens with zero attached hydrogens (tertiary/aromatic N) is 1. The molecular formula is C10H19N3O2. The number of nitrogens with one attached hydrogen (secondary N) is 1. The first-order valence-corrected chi connectivity index (χ1v) is 5.41. The summed E-state index contributed by atoms with van der Waals surface area (Å²) in [6, 6.07) is 0.265. The molecule has 15 heavy (non-hydrogen) atoms. The molecule has 0 aromatic rings. The van der Waals surface area contributed by atoms with E-state index in [0.29, 0.717) is 13.0 Å². The minimum atomic E-state index is -0.286. The summed E-state index contributed by atoms with van der Waals surface area (Å²) in [6.07, 6.45) is 2.33. The minimum Gasteiger partial charge on any atom is -0.369 e. The molecule has 1 aliphatic heterocycles. The SMILES string of the molecule is CCC(=O)NC1CCN(CC(N)=O)CC1. The molecule has 3 N–H and O–H groups in total. The van der Waals surface area contributed by atoms with Crippen molar-refractivity contribution in [2.45, 2.75) is 32.2 Å². The Morgan fingerprint density at radius 1 is 1.40 bits per heavy atom. The predicted octanol–water partition coefficient (Wildman–Crippen LogP) is -0.538. The van der Waals surface area contributed by atoms with Gasteiger partial charge in [0.2, 0.25) is 11.8 Å². The summed E-state index contributed by atoms with van der Waals surface area (Å²) in [6.45, 7) is 3.83. The molecule has 2 amide bonds. The van der Waals surface area contributed by atoms with Crippen LogP contribution < -0.4 is 11.1 Å². The quantitative estimate of drug-likeness (QED) is 0.658. The molecule has 1 heterocycles. The lowest BCUT2D eigenvalue weighted by molar-refractivity contribution is -0.122. The summed E-state index contributed by atoms with van der Waals surface area (Å²) in [4.78, 5) is 23.8. The third-order valence-electron chi connectivity index (χ3n) is 2.65. The zero-order valence-corrected chi connectivity index (χ0v) is 9.16. The summed E-state index contributed by atoms with van der Waals surface area (Å²) in [5, 5.41) is 2.96. The largest absolute Gasteiger partial charge is 0.369 e.